The number of amides is 1. The zero-order chi connectivity index (χ0) is 14.9. The van der Waals surface area contributed by atoms with Crippen LogP contribution in [0.2, 0.25) is 0 Å². The van der Waals surface area contributed by atoms with Crippen molar-refractivity contribution < 1.29 is 4.79 Å². The maximum atomic E-state index is 11.9. The molecule has 2 rings (SSSR count). The van der Waals surface area contributed by atoms with E-state index >= 15 is 0 Å². The molecule has 0 radical (unpaired) electrons. The summed E-state index contributed by atoms with van der Waals surface area (Å²) in [6.07, 6.45) is 8.14. The van der Waals surface area contributed by atoms with Gasteiger partial charge in [-0.25, -0.2) is 0 Å². The van der Waals surface area contributed by atoms with Crippen LogP contribution in [0.3, 0.4) is 0 Å². The van der Waals surface area contributed by atoms with E-state index in [2.05, 4.69) is 10.6 Å². The van der Waals surface area contributed by atoms with Crippen LogP contribution < -0.4 is 10.6 Å². The van der Waals surface area contributed by atoms with Crippen molar-refractivity contribution in [3.8, 4) is 0 Å². The standard InChI is InChI=1S/C17H24N2OS/c20-16(12-11-14-7-3-1-4-8-14)19-17(21)18-13-15-9-5-2-6-10-15/h2,5-6,9-10,14H,1,3-4,7-8,11-13H2,(H2,18,19,20,21). The Kier molecular flexibility index (Phi) is 6.67. The number of carbonyl (C=O) groups excluding carboxylic acids is 1. The lowest BCUT2D eigenvalue weighted by atomic mass is 9.86. The second-order valence-electron chi connectivity index (χ2n) is 5.76. The van der Waals surface area contributed by atoms with E-state index in [-0.39, 0.29) is 5.91 Å². The van der Waals surface area contributed by atoms with Crippen molar-refractivity contribution in [3.63, 3.8) is 0 Å². The Balaban J connectivity index is 1.61. The van der Waals surface area contributed by atoms with E-state index in [1.54, 1.807) is 0 Å². The minimum Gasteiger partial charge on any atom is -0.358 e. The molecule has 4 heteroatoms. The van der Waals surface area contributed by atoms with Crippen LogP contribution in [0, 0.1) is 5.92 Å². The number of nitrogens with one attached hydrogen (secondary N) is 2. The lowest BCUT2D eigenvalue weighted by Gasteiger charge is -2.21. The van der Waals surface area contributed by atoms with Gasteiger partial charge in [-0.1, -0.05) is 62.4 Å². The number of hydrogen-bond donors (Lipinski definition) is 2. The topological polar surface area (TPSA) is 41.1 Å². The molecule has 0 unspecified atom stereocenters. The molecular formula is C17H24N2OS. The number of benzene rings is 1. The molecule has 2 N–H and O–H groups in total. The summed E-state index contributed by atoms with van der Waals surface area (Å²) in [7, 11) is 0. The van der Waals surface area contributed by atoms with E-state index < -0.39 is 0 Å². The summed E-state index contributed by atoms with van der Waals surface area (Å²) in [6, 6.07) is 10.0. The summed E-state index contributed by atoms with van der Waals surface area (Å²) in [4.78, 5) is 11.9. The molecule has 21 heavy (non-hydrogen) atoms. The summed E-state index contributed by atoms with van der Waals surface area (Å²) in [6.45, 7) is 0.641. The van der Waals surface area contributed by atoms with Crippen molar-refractivity contribution in [2.75, 3.05) is 0 Å². The summed E-state index contributed by atoms with van der Waals surface area (Å²) in [5.74, 6) is 0.765. The molecule has 0 aliphatic heterocycles. The van der Waals surface area contributed by atoms with Crippen molar-refractivity contribution in [2.45, 2.75) is 51.5 Å². The zero-order valence-corrected chi connectivity index (χ0v) is 13.3. The number of hydrogen-bond acceptors (Lipinski definition) is 2. The predicted octanol–water partition coefficient (Wildman–Crippen LogP) is 3.54. The Morgan fingerprint density at radius 2 is 1.86 bits per heavy atom. The largest absolute Gasteiger partial charge is 0.358 e. The molecule has 1 aromatic rings. The van der Waals surface area contributed by atoms with Crippen molar-refractivity contribution in [2.24, 2.45) is 5.92 Å². The van der Waals surface area contributed by atoms with Crippen LogP contribution in [-0.4, -0.2) is 11.0 Å². The maximum Gasteiger partial charge on any atom is 0.226 e. The summed E-state index contributed by atoms with van der Waals surface area (Å²) < 4.78 is 0. The predicted molar refractivity (Wildman–Crippen MR) is 89.8 cm³/mol. The molecule has 3 nitrogen and oxygen atoms in total. The minimum absolute atomic E-state index is 0.0335. The Morgan fingerprint density at radius 3 is 2.57 bits per heavy atom. The van der Waals surface area contributed by atoms with Gasteiger partial charge < -0.3 is 10.6 Å². The van der Waals surface area contributed by atoms with Gasteiger partial charge in [-0.3, -0.25) is 4.79 Å². The minimum atomic E-state index is 0.0335. The van der Waals surface area contributed by atoms with Crippen LogP contribution in [-0.2, 0) is 11.3 Å². The first kappa shape index (κ1) is 16.0. The normalized spacial score (nSPS) is 15.4. The maximum absolute atomic E-state index is 11.9. The zero-order valence-electron chi connectivity index (χ0n) is 12.4. The summed E-state index contributed by atoms with van der Waals surface area (Å²) in [5.41, 5.74) is 1.15. The van der Waals surface area contributed by atoms with Gasteiger partial charge in [-0.2, -0.15) is 0 Å². The van der Waals surface area contributed by atoms with Gasteiger partial charge in [0.1, 0.15) is 0 Å². The average Bonchev–Trinajstić information content (AvgIpc) is 2.53. The van der Waals surface area contributed by atoms with Crippen molar-refractivity contribution in [1.29, 1.82) is 0 Å². The molecule has 114 valence electrons. The molecule has 0 heterocycles. The summed E-state index contributed by atoms with van der Waals surface area (Å²) in [5, 5.41) is 6.26. The highest BCUT2D eigenvalue weighted by atomic mass is 32.1. The molecule has 0 saturated heterocycles. The molecule has 1 fully saturated rings. The lowest BCUT2D eigenvalue weighted by molar-refractivity contribution is -0.120. The van der Waals surface area contributed by atoms with Gasteiger partial charge in [0.05, 0.1) is 0 Å². The molecule has 0 spiro atoms. The first-order chi connectivity index (χ1) is 10.2. The molecule has 1 saturated carbocycles. The third-order valence-electron chi connectivity index (χ3n) is 4.05. The Bertz CT molecular complexity index is 455. The van der Waals surface area contributed by atoms with Crippen LogP contribution in [0.15, 0.2) is 30.3 Å². The fourth-order valence-electron chi connectivity index (χ4n) is 2.82. The van der Waals surface area contributed by atoms with Crippen molar-refractivity contribution >= 4 is 23.2 Å². The Hall–Kier alpha value is -1.42. The van der Waals surface area contributed by atoms with Gasteiger partial charge in [0.2, 0.25) is 5.91 Å². The third kappa shape index (κ3) is 6.25. The molecule has 0 aromatic heterocycles. The number of rotatable bonds is 5. The van der Waals surface area contributed by atoms with E-state index in [1.165, 1.54) is 32.1 Å². The highest BCUT2D eigenvalue weighted by molar-refractivity contribution is 7.80. The van der Waals surface area contributed by atoms with E-state index in [0.717, 1.165) is 17.9 Å². The van der Waals surface area contributed by atoms with Gasteiger partial charge in [-0.15, -0.1) is 0 Å². The van der Waals surface area contributed by atoms with Gasteiger partial charge in [0.25, 0.3) is 0 Å². The Labute approximate surface area is 132 Å². The smallest absolute Gasteiger partial charge is 0.226 e. The summed E-state index contributed by atoms with van der Waals surface area (Å²) >= 11 is 5.16. The van der Waals surface area contributed by atoms with Crippen LogP contribution >= 0.6 is 12.2 Å². The molecule has 1 aromatic carbocycles. The highest BCUT2D eigenvalue weighted by Crippen LogP contribution is 2.27. The molecule has 1 aliphatic rings. The third-order valence-corrected chi connectivity index (χ3v) is 4.30. The van der Waals surface area contributed by atoms with Crippen molar-refractivity contribution in [3.05, 3.63) is 35.9 Å². The van der Waals surface area contributed by atoms with Crippen LogP contribution in [0.1, 0.15) is 50.5 Å². The first-order valence-corrected chi connectivity index (χ1v) is 8.26. The van der Waals surface area contributed by atoms with E-state index in [0.29, 0.717) is 18.1 Å². The monoisotopic (exact) mass is 304 g/mol. The van der Waals surface area contributed by atoms with Crippen molar-refractivity contribution in [1.82, 2.24) is 10.6 Å². The Morgan fingerprint density at radius 1 is 1.14 bits per heavy atom. The molecule has 1 amide bonds. The van der Waals surface area contributed by atoms with Crippen LogP contribution in [0.4, 0.5) is 0 Å². The van der Waals surface area contributed by atoms with E-state index in [4.69, 9.17) is 12.2 Å². The van der Waals surface area contributed by atoms with E-state index in [9.17, 15) is 4.79 Å². The number of carbonyl (C=O) groups is 1. The second kappa shape index (κ2) is 8.78. The van der Waals surface area contributed by atoms with Crippen LogP contribution in [0.25, 0.3) is 0 Å². The molecular weight excluding hydrogens is 280 g/mol. The first-order valence-electron chi connectivity index (χ1n) is 7.85. The van der Waals surface area contributed by atoms with Gasteiger partial charge in [0, 0.05) is 13.0 Å². The van der Waals surface area contributed by atoms with Crippen LogP contribution in [0.5, 0.6) is 0 Å². The van der Waals surface area contributed by atoms with Gasteiger partial charge in [0.15, 0.2) is 5.11 Å². The number of thiocarbonyl (C=S) groups is 1. The molecule has 0 bridgehead atoms. The lowest BCUT2D eigenvalue weighted by Crippen LogP contribution is -2.38. The highest BCUT2D eigenvalue weighted by Gasteiger charge is 2.15. The average molecular weight is 304 g/mol. The SMILES string of the molecule is O=C(CCC1CCCCC1)NC(=S)NCc1ccccc1. The molecule has 0 atom stereocenters. The van der Waals surface area contributed by atoms with E-state index in [1.807, 2.05) is 30.3 Å². The fourth-order valence-corrected chi connectivity index (χ4v) is 3.01. The quantitative estimate of drug-likeness (QED) is 0.818. The van der Waals surface area contributed by atoms with Gasteiger partial charge >= 0.3 is 0 Å². The van der Waals surface area contributed by atoms with Gasteiger partial charge in [-0.05, 0) is 30.1 Å². The molecule has 1 aliphatic carbocycles. The second-order valence-corrected chi connectivity index (χ2v) is 6.17. The fraction of sp³-hybridized carbons (Fsp3) is 0.529.